The minimum Gasteiger partial charge on any atom is -0.301 e. The Hall–Kier alpha value is -2.08. The summed E-state index contributed by atoms with van der Waals surface area (Å²) in [5, 5.41) is 5.34. The Morgan fingerprint density at radius 1 is 1.26 bits per heavy atom. The molecule has 3 aromatic rings. The first-order valence-electron chi connectivity index (χ1n) is 5.78. The summed E-state index contributed by atoms with van der Waals surface area (Å²) in [5.41, 5.74) is 2.49. The van der Waals surface area contributed by atoms with Crippen molar-refractivity contribution in [3.05, 3.63) is 46.4 Å². The molecule has 0 atom stereocenters. The Morgan fingerprint density at radius 3 is 2.68 bits per heavy atom. The molecule has 2 aromatic heterocycles. The Bertz CT molecular complexity index is 789. The SMILES string of the molecule is CSc1nc2c(cnn2-c2ccc(C)cc2)c(=O)[nH]1. The minimum absolute atomic E-state index is 0.160. The van der Waals surface area contributed by atoms with E-state index in [4.69, 9.17) is 0 Å². The van der Waals surface area contributed by atoms with Crippen molar-refractivity contribution in [2.75, 3.05) is 6.26 Å². The lowest BCUT2D eigenvalue weighted by Crippen LogP contribution is -2.09. The van der Waals surface area contributed by atoms with Crippen LogP contribution in [0.1, 0.15) is 5.56 Å². The van der Waals surface area contributed by atoms with Crippen molar-refractivity contribution in [3.8, 4) is 5.69 Å². The summed E-state index contributed by atoms with van der Waals surface area (Å²) in [6.07, 6.45) is 3.42. The van der Waals surface area contributed by atoms with Crippen LogP contribution in [0.2, 0.25) is 0 Å². The van der Waals surface area contributed by atoms with E-state index in [1.54, 1.807) is 10.9 Å². The number of fused-ring (bicyclic) bond motifs is 1. The summed E-state index contributed by atoms with van der Waals surface area (Å²) in [6.45, 7) is 2.03. The van der Waals surface area contributed by atoms with Crippen molar-refractivity contribution >= 4 is 22.8 Å². The molecule has 6 heteroatoms. The number of benzene rings is 1. The third-order valence-corrected chi connectivity index (χ3v) is 3.47. The van der Waals surface area contributed by atoms with Gasteiger partial charge in [0, 0.05) is 0 Å². The van der Waals surface area contributed by atoms with Crippen LogP contribution >= 0.6 is 11.8 Å². The van der Waals surface area contributed by atoms with Gasteiger partial charge in [0.15, 0.2) is 10.8 Å². The van der Waals surface area contributed by atoms with Gasteiger partial charge in [-0.25, -0.2) is 9.67 Å². The van der Waals surface area contributed by atoms with Gasteiger partial charge in [-0.1, -0.05) is 29.5 Å². The number of aromatic amines is 1. The van der Waals surface area contributed by atoms with Crippen molar-refractivity contribution in [3.63, 3.8) is 0 Å². The number of H-pyrrole nitrogens is 1. The van der Waals surface area contributed by atoms with Crippen LogP contribution in [-0.4, -0.2) is 26.0 Å². The van der Waals surface area contributed by atoms with Gasteiger partial charge >= 0.3 is 0 Å². The summed E-state index contributed by atoms with van der Waals surface area (Å²) < 4.78 is 1.68. The lowest BCUT2D eigenvalue weighted by molar-refractivity contribution is 0.873. The van der Waals surface area contributed by atoms with Gasteiger partial charge in [0.1, 0.15) is 5.39 Å². The predicted molar refractivity (Wildman–Crippen MR) is 76.0 cm³/mol. The van der Waals surface area contributed by atoms with Crippen LogP contribution in [-0.2, 0) is 0 Å². The molecule has 0 radical (unpaired) electrons. The predicted octanol–water partition coefficient (Wildman–Crippen LogP) is 2.14. The highest BCUT2D eigenvalue weighted by Gasteiger charge is 2.10. The van der Waals surface area contributed by atoms with Crippen LogP contribution in [0.15, 0.2) is 40.4 Å². The Kier molecular flexibility index (Phi) is 2.87. The van der Waals surface area contributed by atoms with Gasteiger partial charge in [-0.15, -0.1) is 0 Å². The fourth-order valence-corrected chi connectivity index (χ4v) is 2.24. The van der Waals surface area contributed by atoms with E-state index in [-0.39, 0.29) is 5.56 Å². The maximum absolute atomic E-state index is 11.9. The van der Waals surface area contributed by atoms with Crippen LogP contribution in [0.4, 0.5) is 0 Å². The van der Waals surface area contributed by atoms with E-state index in [1.165, 1.54) is 17.3 Å². The van der Waals surface area contributed by atoms with E-state index in [1.807, 2.05) is 37.4 Å². The van der Waals surface area contributed by atoms with Crippen LogP contribution in [0.25, 0.3) is 16.7 Å². The molecule has 0 aliphatic carbocycles. The first kappa shape index (κ1) is 12.0. The van der Waals surface area contributed by atoms with Crippen LogP contribution in [0.5, 0.6) is 0 Å². The number of hydrogen-bond acceptors (Lipinski definition) is 4. The third-order valence-electron chi connectivity index (χ3n) is 2.89. The fraction of sp³-hybridized carbons (Fsp3) is 0.154. The number of nitrogens with zero attached hydrogens (tertiary/aromatic N) is 3. The molecule has 0 saturated carbocycles. The number of nitrogens with one attached hydrogen (secondary N) is 1. The average Bonchev–Trinajstić information content (AvgIpc) is 2.84. The minimum atomic E-state index is -0.160. The van der Waals surface area contributed by atoms with E-state index >= 15 is 0 Å². The second kappa shape index (κ2) is 4.55. The summed E-state index contributed by atoms with van der Waals surface area (Å²) >= 11 is 1.40. The van der Waals surface area contributed by atoms with Gasteiger partial charge in [0.25, 0.3) is 5.56 Å². The lowest BCUT2D eigenvalue weighted by Gasteiger charge is -2.03. The molecule has 1 N–H and O–H groups in total. The summed E-state index contributed by atoms with van der Waals surface area (Å²) in [4.78, 5) is 19.0. The number of aryl methyl sites for hydroxylation is 1. The number of hydrogen-bond donors (Lipinski definition) is 1. The van der Waals surface area contributed by atoms with E-state index in [2.05, 4.69) is 15.1 Å². The standard InChI is InChI=1S/C13H12N4OS/c1-8-3-5-9(6-4-8)17-11-10(7-14-17)12(18)16-13(15-11)19-2/h3-7H,1-2H3,(H,15,16,18). The zero-order valence-electron chi connectivity index (χ0n) is 10.5. The third kappa shape index (κ3) is 2.04. The molecule has 3 rings (SSSR count). The largest absolute Gasteiger partial charge is 0.301 e. The van der Waals surface area contributed by atoms with Gasteiger partial charge in [-0.3, -0.25) is 4.79 Å². The van der Waals surface area contributed by atoms with Gasteiger partial charge in [-0.2, -0.15) is 5.10 Å². The first-order valence-corrected chi connectivity index (χ1v) is 7.00. The van der Waals surface area contributed by atoms with Crippen molar-refractivity contribution < 1.29 is 0 Å². The van der Waals surface area contributed by atoms with Crippen molar-refractivity contribution in [2.45, 2.75) is 12.1 Å². The zero-order valence-corrected chi connectivity index (χ0v) is 11.4. The van der Waals surface area contributed by atoms with E-state index < -0.39 is 0 Å². The Balaban J connectivity index is 2.27. The normalized spacial score (nSPS) is 11.1. The topological polar surface area (TPSA) is 63.6 Å². The maximum atomic E-state index is 11.9. The highest BCUT2D eigenvalue weighted by molar-refractivity contribution is 7.98. The first-order chi connectivity index (χ1) is 9.19. The van der Waals surface area contributed by atoms with Crippen LogP contribution in [0, 0.1) is 6.92 Å². The van der Waals surface area contributed by atoms with Crippen LogP contribution in [0.3, 0.4) is 0 Å². The molecular formula is C13H12N4OS. The van der Waals surface area contributed by atoms with Crippen molar-refractivity contribution in [1.82, 2.24) is 19.7 Å². The van der Waals surface area contributed by atoms with Gasteiger partial charge in [0.05, 0.1) is 11.9 Å². The molecule has 0 aliphatic heterocycles. The van der Waals surface area contributed by atoms with E-state index in [9.17, 15) is 4.79 Å². The second-order valence-electron chi connectivity index (χ2n) is 4.20. The van der Waals surface area contributed by atoms with Crippen molar-refractivity contribution in [1.29, 1.82) is 0 Å². The lowest BCUT2D eigenvalue weighted by atomic mass is 10.2. The Morgan fingerprint density at radius 2 is 2.00 bits per heavy atom. The molecule has 0 saturated heterocycles. The fourth-order valence-electron chi connectivity index (χ4n) is 1.87. The number of rotatable bonds is 2. The van der Waals surface area contributed by atoms with E-state index in [0.717, 1.165) is 5.69 Å². The summed E-state index contributed by atoms with van der Waals surface area (Å²) in [6, 6.07) is 7.93. The van der Waals surface area contributed by atoms with E-state index in [0.29, 0.717) is 16.2 Å². The smallest absolute Gasteiger partial charge is 0.262 e. The summed E-state index contributed by atoms with van der Waals surface area (Å²) in [5.74, 6) is 0. The van der Waals surface area contributed by atoms with Gasteiger partial charge in [0.2, 0.25) is 0 Å². The highest BCUT2D eigenvalue weighted by atomic mass is 32.2. The highest BCUT2D eigenvalue weighted by Crippen LogP contribution is 2.16. The van der Waals surface area contributed by atoms with Crippen LogP contribution < -0.4 is 5.56 Å². The molecule has 96 valence electrons. The molecule has 19 heavy (non-hydrogen) atoms. The zero-order chi connectivity index (χ0) is 13.4. The monoisotopic (exact) mass is 272 g/mol. The average molecular weight is 272 g/mol. The molecular weight excluding hydrogens is 260 g/mol. The molecule has 5 nitrogen and oxygen atoms in total. The molecule has 0 fully saturated rings. The van der Waals surface area contributed by atoms with Crippen molar-refractivity contribution in [2.24, 2.45) is 0 Å². The van der Waals surface area contributed by atoms with Gasteiger partial charge < -0.3 is 4.98 Å². The molecule has 0 amide bonds. The number of thioether (sulfide) groups is 1. The molecule has 1 aromatic carbocycles. The number of aromatic nitrogens is 4. The quantitative estimate of drug-likeness (QED) is 0.573. The molecule has 0 bridgehead atoms. The summed E-state index contributed by atoms with van der Waals surface area (Å²) in [7, 11) is 0. The molecule has 2 heterocycles. The maximum Gasteiger partial charge on any atom is 0.262 e. The Labute approximate surface area is 113 Å². The molecule has 0 unspecified atom stereocenters. The van der Waals surface area contributed by atoms with Gasteiger partial charge in [-0.05, 0) is 25.3 Å². The molecule has 0 aliphatic rings. The second-order valence-corrected chi connectivity index (χ2v) is 5.00. The molecule has 0 spiro atoms.